The van der Waals surface area contributed by atoms with Crippen molar-refractivity contribution in [1.29, 1.82) is 0 Å². The molecule has 0 fully saturated rings. The number of aromatic nitrogens is 2. The minimum absolute atomic E-state index is 0.0452. The van der Waals surface area contributed by atoms with Gasteiger partial charge < -0.3 is 4.90 Å². The molecule has 1 aromatic heterocycles. The Morgan fingerprint density at radius 1 is 0.909 bits per heavy atom. The minimum atomic E-state index is -3.12. The van der Waals surface area contributed by atoms with Gasteiger partial charge >= 0.3 is 0 Å². The Morgan fingerprint density at radius 3 is 2.12 bits per heavy atom. The molecule has 168 valence electrons. The molecular formula is C26H25N3O3S. The molecule has 4 rings (SSSR count). The van der Waals surface area contributed by atoms with E-state index in [4.69, 9.17) is 5.10 Å². The number of amides is 1. The van der Waals surface area contributed by atoms with Gasteiger partial charge in [0, 0.05) is 42.7 Å². The van der Waals surface area contributed by atoms with E-state index < -0.39 is 9.84 Å². The van der Waals surface area contributed by atoms with E-state index in [1.165, 1.54) is 6.26 Å². The summed E-state index contributed by atoms with van der Waals surface area (Å²) in [7, 11) is -1.37. The number of carbonyl (C=O) groups excluding carboxylic acids is 1. The molecule has 0 saturated carbocycles. The van der Waals surface area contributed by atoms with Crippen LogP contribution in [0.4, 0.5) is 0 Å². The molecule has 0 radical (unpaired) electrons. The first kappa shape index (κ1) is 22.5. The Morgan fingerprint density at radius 2 is 1.52 bits per heavy atom. The number of hydrogen-bond donors (Lipinski definition) is 0. The highest BCUT2D eigenvalue weighted by atomic mass is 32.2. The predicted octanol–water partition coefficient (Wildman–Crippen LogP) is 4.36. The molecule has 0 N–H and O–H groups in total. The Kier molecular flexibility index (Phi) is 6.42. The summed E-state index contributed by atoms with van der Waals surface area (Å²) in [6.45, 7) is 0.376. The molecule has 0 aliphatic rings. The van der Waals surface area contributed by atoms with Gasteiger partial charge in [0.15, 0.2) is 9.84 Å². The maximum atomic E-state index is 13.1. The van der Waals surface area contributed by atoms with E-state index in [0.717, 1.165) is 22.5 Å². The fourth-order valence-electron chi connectivity index (χ4n) is 3.67. The number of nitrogens with zero attached hydrogens (tertiary/aromatic N) is 3. The number of carbonyl (C=O) groups is 1. The Bertz CT molecular complexity index is 1350. The van der Waals surface area contributed by atoms with E-state index in [1.54, 1.807) is 36.2 Å². The van der Waals surface area contributed by atoms with E-state index in [1.807, 2.05) is 71.5 Å². The number of sulfone groups is 1. The Labute approximate surface area is 194 Å². The van der Waals surface area contributed by atoms with Gasteiger partial charge in [-0.3, -0.25) is 4.79 Å². The maximum absolute atomic E-state index is 13.1. The van der Waals surface area contributed by atoms with Gasteiger partial charge in [-0.2, -0.15) is 5.10 Å². The summed E-state index contributed by atoms with van der Waals surface area (Å²) >= 11 is 0. The summed E-state index contributed by atoms with van der Waals surface area (Å²) in [5.74, 6) is -0.191. The first-order valence-corrected chi connectivity index (χ1v) is 12.6. The van der Waals surface area contributed by atoms with Crippen molar-refractivity contribution >= 4 is 15.7 Å². The molecule has 0 spiro atoms. The van der Waals surface area contributed by atoms with Crippen LogP contribution in [0.1, 0.15) is 21.5 Å². The van der Waals surface area contributed by atoms with Crippen molar-refractivity contribution in [3.63, 3.8) is 0 Å². The van der Waals surface area contributed by atoms with Crippen LogP contribution in [0.15, 0.2) is 91.1 Å². The second-order valence-corrected chi connectivity index (χ2v) is 10.2. The third-order valence-electron chi connectivity index (χ3n) is 5.24. The second kappa shape index (κ2) is 9.42. The highest BCUT2D eigenvalue weighted by molar-refractivity contribution is 7.89. The van der Waals surface area contributed by atoms with Crippen molar-refractivity contribution in [2.75, 3.05) is 13.3 Å². The molecule has 6 nitrogen and oxygen atoms in total. The molecule has 0 bridgehead atoms. The largest absolute Gasteiger partial charge is 0.337 e. The van der Waals surface area contributed by atoms with Crippen molar-refractivity contribution in [3.05, 3.63) is 108 Å². The van der Waals surface area contributed by atoms with Crippen LogP contribution in [0.5, 0.6) is 0 Å². The van der Waals surface area contributed by atoms with Gasteiger partial charge in [0.25, 0.3) is 5.91 Å². The monoisotopic (exact) mass is 459 g/mol. The lowest BCUT2D eigenvalue weighted by atomic mass is 10.1. The zero-order valence-electron chi connectivity index (χ0n) is 18.5. The van der Waals surface area contributed by atoms with Gasteiger partial charge in [0.2, 0.25) is 0 Å². The molecule has 0 aliphatic heterocycles. The third-order valence-corrected chi connectivity index (χ3v) is 6.10. The van der Waals surface area contributed by atoms with Gasteiger partial charge in [0.05, 0.1) is 17.1 Å². The number of hydrogen-bond acceptors (Lipinski definition) is 4. The van der Waals surface area contributed by atoms with Gasteiger partial charge in [-0.1, -0.05) is 60.7 Å². The summed E-state index contributed by atoms with van der Waals surface area (Å²) in [5.41, 5.74) is 4.83. The second-order valence-electron chi connectivity index (χ2n) is 8.08. The normalized spacial score (nSPS) is 11.3. The van der Waals surface area contributed by atoms with Crippen molar-refractivity contribution in [1.82, 2.24) is 14.7 Å². The summed E-state index contributed by atoms with van der Waals surface area (Å²) < 4.78 is 24.8. The van der Waals surface area contributed by atoms with E-state index >= 15 is 0 Å². The average Bonchev–Trinajstić information content (AvgIpc) is 3.23. The van der Waals surface area contributed by atoms with Crippen LogP contribution in [-0.4, -0.2) is 42.3 Å². The third kappa shape index (κ3) is 5.56. The zero-order valence-corrected chi connectivity index (χ0v) is 19.4. The average molecular weight is 460 g/mol. The van der Waals surface area contributed by atoms with Gasteiger partial charge in [0.1, 0.15) is 0 Å². The van der Waals surface area contributed by atoms with Gasteiger partial charge in [-0.15, -0.1) is 0 Å². The fourth-order valence-corrected chi connectivity index (χ4v) is 4.47. The van der Waals surface area contributed by atoms with Gasteiger partial charge in [-0.25, -0.2) is 13.1 Å². The molecule has 3 aromatic carbocycles. The topological polar surface area (TPSA) is 72.3 Å². The number of rotatable bonds is 7. The lowest BCUT2D eigenvalue weighted by Gasteiger charge is -2.17. The summed E-state index contributed by atoms with van der Waals surface area (Å²) in [6, 6.07) is 26.5. The highest BCUT2D eigenvalue weighted by Gasteiger charge is 2.18. The molecule has 0 saturated heterocycles. The number of para-hydroxylation sites is 1. The first-order chi connectivity index (χ1) is 15.8. The molecule has 33 heavy (non-hydrogen) atoms. The van der Waals surface area contributed by atoms with Crippen LogP contribution >= 0.6 is 0 Å². The molecule has 7 heteroatoms. The summed E-state index contributed by atoms with van der Waals surface area (Å²) in [4.78, 5) is 14.7. The molecule has 0 aliphatic carbocycles. The molecule has 0 unspecified atom stereocenters. The maximum Gasteiger partial charge on any atom is 0.253 e. The smallest absolute Gasteiger partial charge is 0.253 e. The van der Waals surface area contributed by atoms with Crippen molar-refractivity contribution in [2.45, 2.75) is 12.3 Å². The number of benzene rings is 3. The van der Waals surface area contributed by atoms with Crippen molar-refractivity contribution in [2.24, 2.45) is 0 Å². The van der Waals surface area contributed by atoms with Crippen LogP contribution in [0.2, 0.25) is 0 Å². The zero-order chi connectivity index (χ0) is 23.4. The standard InChI is InChI=1S/C26H25N3O3S/c1-28(26(30)22-15-13-20(14-16-22)19-33(2,31)32)17-23-18-29(24-11-7-4-8-12-24)27-25(23)21-9-5-3-6-10-21/h3-16,18H,17,19H2,1-2H3. The Balaban J connectivity index is 1.60. The Hall–Kier alpha value is -3.71. The van der Waals surface area contributed by atoms with Crippen LogP contribution in [0.25, 0.3) is 16.9 Å². The van der Waals surface area contributed by atoms with Crippen LogP contribution in [0, 0.1) is 0 Å². The van der Waals surface area contributed by atoms with Crippen molar-refractivity contribution in [3.8, 4) is 16.9 Å². The van der Waals surface area contributed by atoms with Crippen molar-refractivity contribution < 1.29 is 13.2 Å². The fraction of sp³-hybridized carbons (Fsp3) is 0.154. The molecular weight excluding hydrogens is 434 g/mol. The van der Waals surface area contributed by atoms with E-state index in [-0.39, 0.29) is 11.7 Å². The van der Waals surface area contributed by atoms with Crippen LogP contribution < -0.4 is 0 Å². The molecule has 1 heterocycles. The van der Waals surface area contributed by atoms with Gasteiger partial charge in [-0.05, 0) is 29.8 Å². The van der Waals surface area contributed by atoms with E-state index in [0.29, 0.717) is 17.7 Å². The highest BCUT2D eigenvalue weighted by Crippen LogP contribution is 2.25. The minimum Gasteiger partial charge on any atom is -0.337 e. The van der Waals surface area contributed by atoms with E-state index in [2.05, 4.69) is 0 Å². The molecule has 4 aromatic rings. The summed E-state index contributed by atoms with van der Waals surface area (Å²) in [5, 5.41) is 4.80. The first-order valence-electron chi connectivity index (χ1n) is 10.5. The van der Waals surface area contributed by atoms with E-state index in [9.17, 15) is 13.2 Å². The molecule has 1 amide bonds. The summed E-state index contributed by atoms with van der Waals surface area (Å²) in [6.07, 6.45) is 3.15. The van der Waals surface area contributed by atoms with Crippen LogP contribution in [0.3, 0.4) is 0 Å². The SMILES string of the molecule is CN(Cc1cn(-c2ccccc2)nc1-c1ccccc1)C(=O)c1ccc(CS(C)(=O)=O)cc1. The quantitative estimate of drug-likeness (QED) is 0.412. The molecule has 0 atom stereocenters. The van der Waals surface area contributed by atoms with Crippen LogP contribution in [-0.2, 0) is 22.1 Å². The predicted molar refractivity (Wildman–Crippen MR) is 130 cm³/mol. The lowest BCUT2D eigenvalue weighted by Crippen LogP contribution is -2.26. The lowest BCUT2D eigenvalue weighted by molar-refractivity contribution is 0.0785.